The summed E-state index contributed by atoms with van der Waals surface area (Å²) in [6.07, 6.45) is -0.00117. The second kappa shape index (κ2) is 9.21. The number of nitrogens with zero attached hydrogens (tertiary/aromatic N) is 1. The fourth-order valence-corrected chi connectivity index (χ4v) is 2.88. The number of amides is 2. The maximum atomic E-state index is 12.2. The molecular formula is C17H18ClN3O4S. The molecule has 2 rings (SSSR count). The Morgan fingerprint density at radius 3 is 2.58 bits per heavy atom. The topological polar surface area (TPSA) is 89.0 Å². The number of thiophene rings is 1. The van der Waals surface area contributed by atoms with Gasteiger partial charge in [0.15, 0.2) is 0 Å². The molecule has 0 unspecified atom stereocenters. The van der Waals surface area contributed by atoms with Crippen LogP contribution in [0.15, 0.2) is 34.7 Å². The predicted octanol–water partition coefficient (Wildman–Crippen LogP) is 3.55. The third-order valence-corrected chi connectivity index (χ3v) is 4.42. The minimum atomic E-state index is -0.320. The number of nitrogens with one attached hydrogen (secondary N) is 2. The van der Waals surface area contributed by atoms with Gasteiger partial charge in [0.25, 0.3) is 5.91 Å². The molecule has 0 bridgehead atoms. The molecular weight excluding hydrogens is 378 g/mol. The summed E-state index contributed by atoms with van der Waals surface area (Å²) in [6, 6.07) is 6.59. The predicted molar refractivity (Wildman–Crippen MR) is 103 cm³/mol. The Kier molecular flexibility index (Phi) is 6.99. The number of carbonyl (C=O) groups excluding carboxylic acids is 2. The zero-order valence-corrected chi connectivity index (χ0v) is 16.0. The van der Waals surface area contributed by atoms with Crippen LogP contribution in [0.25, 0.3) is 0 Å². The van der Waals surface area contributed by atoms with Crippen molar-refractivity contribution in [3.63, 3.8) is 0 Å². The molecule has 1 aromatic heterocycles. The quantitative estimate of drug-likeness (QED) is 0.554. The van der Waals surface area contributed by atoms with Gasteiger partial charge in [0.05, 0.1) is 36.2 Å². The van der Waals surface area contributed by atoms with Crippen molar-refractivity contribution in [2.75, 3.05) is 19.5 Å². The first-order valence-corrected chi connectivity index (χ1v) is 8.78. The van der Waals surface area contributed by atoms with Crippen LogP contribution < -0.4 is 20.2 Å². The maximum absolute atomic E-state index is 12.2. The Balaban J connectivity index is 1.99. The SMILES string of the molecule is COc1cc(NC(=O)C/C(C)=N\NC(=O)c2cccs2)c(OC)cc1Cl. The van der Waals surface area contributed by atoms with Gasteiger partial charge in [0, 0.05) is 17.8 Å². The minimum absolute atomic E-state index is 0.00117. The highest BCUT2D eigenvalue weighted by molar-refractivity contribution is 7.12. The van der Waals surface area contributed by atoms with Gasteiger partial charge in [-0.2, -0.15) is 5.10 Å². The zero-order chi connectivity index (χ0) is 19.1. The molecule has 0 saturated carbocycles. The summed E-state index contributed by atoms with van der Waals surface area (Å²) >= 11 is 7.35. The fourth-order valence-electron chi connectivity index (χ4n) is 2.03. The number of ether oxygens (including phenoxy) is 2. The third-order valence-electron chi connectivity index (χ3n) is 3.26. The summed E-state index contributed by atoms with van der Waals surface area (Å²) < 4.78 is 10.4. The number of benzene rings is 1. The highest BCUT2D eigenvalue weighted by Gasteiger charge is 2.13. The number of halogens is 1. The van der Waals surface area contributed by atoms with Gasteiger partial charge in [-0.15, -0.1) is 11.3 Å². The molecule has 0 aliphatic heterocycles. The van der Waals surface area contributed by atoms with E-state index in [-0.39, 0.29) is 18.2 Å². The average molecular weight is 396 g/mol. The second-order valence-corrected chi connectivity index (χ2v) is 6.53. The highest BCUT2D eigenvalue weighted by Crippen LogP contribution is 2.35. The van der Waals surface area contributed by atoms with E-state index in [1.165, 1.54) is 25.6 Å². The molecule has 0 fully saturated rings. The summed E-state index contributed by atoms with van der Waals surface area (Å²) in [4.78, 5) is 24.6. The van der Waals surface area contributed by atoms with Crippen molar-refractivity contribution in [2.24, 2.45) is 5.10 Å². The number of carbonyl (C=O) groups is 2. The number of rotatable bonds is 7. The van der Waals surface area contributed by atoms with Crippen LogP contribution in [0.5, 0.6) is 11.5 Å². The standard InChI is InChI=1S/C17H18ClN3O4S/c1-10(20-21-17(23)15-5-4-6-26-15)7-16(22)19-12-9-13(24-2)11(18)8-14(12)25-3/h4-6,8-9H,7H2,1-3H3,(H,19,22)(H,21,23)/b20-10-. The Labute approximate surface area is 160 Å². The van der Waals surface area contributed by atoms with E-state index in [0.29, 0.717) is 32.8 Å². The molecule has 1 aromatic carbocycles. The summed E-state index contributed by atoms with van der Waals surface area (Å²) in [7, 11) is 2.95. The average Bonchev–Trinajstić information content (AvgIpc) is 3.15. The first kappa shape index (κ1) is 19.7. The lowest BCUT2D eigenvalue weighted by atomic mass is 10.2. The van der Waals surface area contributed by atoms with Crippen molar-refractivity contribution in [3.05, 3.63) is 39.5 Å². The highest BCUT2D eigenvalue weighted by atomic mass is 35.5. The first-order chi connectivity index (χ1) is 12.4. The van der Waals surface area contributed by atoms with Crippen molar-refractivity contribution in [1.82, 2.24) is 5.43 Å². The van der Waals surface area contributed by atoms with Gasteiger partial charge in [-0.1, -0.05) is 17.7 Å². The summed E-state index contributed by atoms with van der Waals surface area (Å²) in [5.74, 6) is 0.185. The van der Waals surface area contributed by atoms with E-state index in [9.17, 15) is 9.59 Å². The number of hydrogen-bond donors (Lipinski definition) is 2. The Hall–Kier alpha value is -2.58. The van der Waals surface area contributed by atoms with E-state index in [0.717, 1.165) is 0 Å². The monoisotopic (exact) mass is 395 g/mol. The van der Waals surface area contributed by atoms with Crippen LogP contribution in [0.3, 0.4) is 0 Å². The maximum Gasteiger partial charge on any atom is 0.281 e. The van der Waals surface area contributed by atoms with Gasteiger partial charge in [-0.3, -0.25) is 9.59 Å². The molecule has 0 aliphatic rings. The molecule has 0 atom stereocenters. The van der Waals surface area contributed by atoms with Crippen molar-refractivity contribution < 1.29 is 19.1 Å². The summed E-state index contributed by atoms with van der Waals surface area (Å²) in [6.45, 7) is 1.65. The lowest BCUT2D eigenvalue weighted by Gasteiger charge is -2.13. The lowest BCUT2D eigenvalue weighted by Crippen LogP contribution is -2.21. The van der Waals surface area contributed by atoms with Crippen LogP contribution in [-0.2, 0) is 4.79 Å². The van der Waals surface area contributed by atoms with Gasteiger partial charge in [0.1, 0.15) is 11.5 Å². The molecule has 2 aromatic rings. The van der Waals surface area contributed by atoms with Crippen molar-refractivity contribution in [2.45, 2.75) is 13.3 Å². The molecule has 138 valence electrons. The molecule has 9 heteroatoms. The Morgan fingerprint density at radius 2 is 1.96 bits per heavy atom. The van der Waals surface area contributed by atoms with Gasteiger partial charge in [-0.25, -0.2) is 5.43 Å². The van der Waals surface area contributed by atoms with Crippen LogP contribution in [0, 0.1) is 0 Å². The molecule has 7 nitrogen and oxygen atoms in total. The summed E-state index contributed by atoms with van der Waals surface area (Å²) in [5.41, 5.74) is 3.30. The largest absolute Gasteiger partial charge is 0.495 e. The van der Waals surface area contributed by atoms with E-state index in [2.05, 4.69) is 15.8 Å². The Morgan fingerprint density at radius 1 is 1.23 bits per heavy atom. The molecule has 1 heterocycles. The fraction of sp³-hybridized carbons (Fsp3) is 0.235. The van der Waals surface area contributed by atoms with Gasteiger partial charge >= 0.3 is 0 Å². The normalized spacial score (nSPS) is 11.0. The van der Waals surface area contributed by atoms with E-state index in [1.807, 2.05) is 0 Å². The van der Waals surface area contributed by atoms with E-state index >= 15 is 0 Å². The molecule has 26 heavy (non-hydrogen) atoms. The molecule has 0 aliphatic carbocycles. The third kappa shape index (κ3) is 5.21. The van der Waals surface area contributed by atoms with Gasteiger partial charge in [-0.05, 0) is 18.4 Å². The van der Waals surface area contributed by atoms with Gasteiger partial charge < -0.3 is 14.8 Å². The molecule has 0 spiro atoms. The molecule has 0 saturated heterocycles. The van der Waals surface area contributed by atoms with Crippen molar-refractivity contribution >= 4 is 46.2 Å². The first-order valence-electron chi connectivity index (χ1n) is 7.53. The number of methoxy groups -OCH3 is 2. The van der Waals surface area contributed by atoms with E-state index in [1.54, 1.807) is 36.6 Å². The number of hydrazone groups is 1. The summed E-state index contributed by atoms with van der Waals surface area (Å²) in [5, 5.41) is 8.82. The van der Waals surface area contributed by atoms with Crippen LogP contribution in [-0.4, -0.2) is 31.7 Å². The van der Waals surface area contributed by atoms with E-state index < -0.39 is 0 Å². The van der Waals surface area contributed by atoms with Crippen LogP contribution in [0.1, 0.15) is 23.0 Å². The molecule has 2 amide bonds. The number of hydrogen-bond acceptors (Lipinski definition) is 6. The second-order valence-electron chi connectivity index (χ2n) is 5.18. The zero-order valence-electron chi connectivity index (χ0n) is 14.5. The lowest BCUT2D eigenvalue weighted by molar-refractivity contribution is -0.115. The Bertz CT molecular complexity index is 822. The molecule has 2 N–H and O–H groups in total. The van der Waals surface area contributed by atoms with Gasteiger partial charge in [0.2, 0.25) is 5.91 Å². The van der Waals surface area contributed by atoms with Crippen LogP contribution in [0.2, 0.25) is 5.02 Å². The minimum Gasteiger partial charge on any atom is -0.495 e. The number of anilines is 1. The van der Waals surface area contributed by atoms with E-state index in [4.69, 9.17) is 21.1 Å². The molecule has 0 radical (unpaired) electrons. The van der Waals surface area contributed by atoms with Crippen LogP contribution >= 0.6 is 22.9 Å². The van der Waals surface area contributed by atoms with Crippen LogP contribution in [0.4, 0.5) is 5.69 Å². The van der Waals surface area contributed by atoms with Crippen molar-refractivity contribution in [1.29, 1.82) is 0 Å². The van der Waals surface area contributed by atoms with Crippen molar-refractivity contribution in [3.8, 4) is 11.5 Å². The smallest absolute Gasteiger partial charge is 0.281 e.